The Kier molecular flexibility index (Phi) is 3.74. The Balaban J connectivity index is 1.83. The molecule has 1 N–H and O–H groups in total. The highest BCUT2D eigenvalue weighted by Gasteiger charge is 2.32. The molecule has 1 aliphatic heterocycles. The number of para-hydroxylation sites is 1. The van der Waals surface area contributed by atoms with Crippen LogP contribution in [-0.4, -0.2) is 18.7 Å². The lowest BCUT2D eigenvalue weighted by atomic mass is 9.96. The fourth-order valence-electron chi connectivity index (χ4n) is 2.48. The Bertz CT molecular complexity index is 751. The Morgan fingerprint density at radius 2 is 1.68 bits per heavy atom. The SMILES string of the molecule is CN1C(=O)C(=CNCc2ccccc2)C(=O)c2ccccc21. The van der Waals surface area contributed by atoms with Gasteiger partial charge in [0, 0.05) is 25.4 Å². The van der Waals surface area contributed by atoms with Gasteiger partial charge in [-0.15, -0.1) is 0 Å². The molecule has 1 aliphatic rings. The number of carbonyl (C=O) groups is 2. The number of carbonyl (C=O) groups excluding carboxylic acids is 2. The minimum atomic E-state index is -0.288. The van der Waals surface area contributed by atoms with Crippen LogP contribution in [0.2, 0.25) is 0 Å². The molecule has 3 rings (SSSR count). The maximum Gasteiger partial charge on any atom is 0.263 e. The maximum absolute atomic E-state index is 12.5. The number of ketones is 1. The molecule has 0 radical (unpaired) electrons. The Morgan fingerprint density at radius 3 is 2.45 bits per heavy atom. The van der Waals surface area contributed by atoms with Crippen LogP contribution in [0, 0.1) is 0 Å². The number of Topliss-reactive ketones (excluding diaryl/α,β-unsaturated/α-hetero) is 1. The van der Waals surface area contributed by atoms with Gasteiger partial charge in [0.15, 0.2) is 0 Å². The number of anilines is 1. The zero-order valence-electron chi connectivity index (χ0n) is 12.2. The summed E-state index contributed by atoms with van der Waals surface area (Å²) in [6.45, 7) is 0.566. The Morgan fingerprint density at radius 1 is 1.00 bits per heavy atom. The molecule has 0 aromatic heterocycles. The van der Waals surface area contributed by atoms with Crippen molar-refractivity contribution >= 4 is 17.4 Å². The first kappa shape index (κ1) is 14.1. The number of likely N-dealkylation sites (N-methyl/N-ethyl adjacent to an activating group) is 1. The van der Waals surface area contributed by atoms with E-state index >= 15 is 0 Å². The molecule has 4 nitrogen and oxygen atoms in total. The molecule has 22 heavy (non-hydrogen) atoms. The van der Waals surface area contributed by atoms with E-state index in [1.54, 1.807) is 25.2 Å². The van der Waals surface area contributed by atoms with Crippen molar-refractivity contribution in [2.75, 3.05) is 11.9 Å². The quantitative estimate of drug-likeness (QED) is 0.698. The highest BCUT2D eigenvalue weighted by molar-refractivity contribution is 6.34. The molecule has 1 amide bonds. The standard InChI is InChI=1S/C18H16N2O2/c1-20-16-10-6-5-9-14(16)17(21)15(18(20)22)12-19-11-13-7-3-2-4-8-13/h2-10,12,19H,11H2,1H3. The first-order valence-corrected chi connectivity index (χ1v) is 7.08. The van der Waals surface area contributed by atoms with Crippen molar-refractivity contribution in [2.45, 2.75) is 6.54 Å². The van der Waals surface area contributed by atoms with Gasteiger partial charge < -0.3 is 10.2 Å². The van der Waals surface area contributed by atoms with Crippen LogP contribution in [0.1, 0.15) is 15.9 Å². The van der Waals surface area contributed by atoms with E-state index in [4.69, 9.17) is 0 Å². The number of benzene rings is 2. The molecule has 0 atom stereocenters. The van der Waals surface area contributed by atoms with E-state index in [0.29, 0.717) is 17.8 Å². The smallest absolute Gasteiger partial charge is 0.263 e. The summed E-state index contributed by atoms with van der Waals surface area (Å²) in [6.07, 6.45) is 1.52. The Labute approximate surface area is 129 Å². The van der Waals surface area contributed by atoms with Crippen molar-refractivity contribution < 1.29 is 9.59 Å². The van der Waals surface area contributed by atoms with Crippen molar-refractivity contribution in [3.8, 4) is 0 Å². The van der Waals surface area contributed by atoms with Crippen molar-refractivity contribution in [1.82, 2.24) is 5.32 Å². The second-order valence-electron chi connectivity index (χ2n) is 5.13. The first-order valence-electron chi connectivity index (χ1n) is 7.08. The number of fused-ring (bicyclic) bond motifs is 1. The summed E-state index contributed by atoms with van der Waals surface area (Å²) in [6, 6.07) is 17.0. The van der Waals surface area contributed by atoms with Crippen LogP contribution < -0.4 is 10.2 Å². The third-order valence-electron chi connectivity index (χ3n) is 3.69. The van der Waals surface area contributed by atoms with Crippen molar-refractivity contribution in [3.05, 3.63) is 77.5 Å². The van der Waals surface area contributed by atoms with Gasteiger partial charge in [-0.05, 0) is 17.7 Å². The molecule has 2 aromatic rings. The second-order valence-corrected chi connectivity index (χ2v) is 5.13. The Hall–Kier alpha value is -2.88. The lowest BCUT2D eigenvalue weighted by Gasteiger charge is -2.26. The third-order valence-corrected chi connectivity index (χ3v) is 3.69. The molecule has 0 saturated carbocycles. The van der Waals surface area contributed by atoms with E-state index in [1.807, 2.05) is 36.4 Å². The van der Waals surface area contributed by atoms with Gasteiger partial charge in [-0.1, -0.05) is 42.5 Å². The molecule has 0 spiro atoms. The van der Waals surface area contributed by atoms with Crippen molar-refractivity contribution in [1.29, 1.82) is 0 Å². The van der Waals surface area contributed by atoms with E-state index in [2.05, 4.69) is 5.32 Å². The van der Waals surface area contributed by atoms with Gasteiger partial charge in [0.2, 0.25) is 5.78 Å². The van der Waals surface area contributed by atoms with Gasteiger partial charge in [-0.3, -0.25) is 9.59 Å². The lowest BCUT2D eigenvalue weighted by molar-refractivity contribution is -0.114. The summed E-state index contributed by atoms with van der Waals surface area (Å²) in [7, 11) is 1.68. The first-order chi connectivity index (χ1) is 10.7. The molecular weight excluding hydrogens is 276 g/mol. The van der Waals surface area contributed by atoms with E-state index in [-0.39, 0.29) is 17.3 Å². The minimum absolute atomic E-state index is 0.164. The van der Waals surface area contributed by atoms with Crippen LogP contribution in [0.4, 0.5) is 5.69 Å². The average Bonchev–Trinajstić information content (AvgIpc) is 2.57. The summed E-state index contributed by atoms with van der Waals surface area (Å²) in [5.41, 5.74) is 2.45. The van der Waals surface area contributed by atoms with Gasteiger partial charge in [-0.25, -0.2) is 0 Å². The van der Waals surface area contributed by atoms with Crippen LogP contribution in [0.5, 0.6) is 0 Å². The molecule has 0 fully saturated rings. The zero-order valence-corrected chi connectivity index (χ0v) is 12.2. The topological polar surface area (TPSA) is 49.4 Å². The molecular formula is C18H16N2O2. The third kappa shape index (κ3) is 2.51. The predicted octanol–water partition coefficient (Wildman–Crippen LogP) is 2.52. The summed E-state index contributed by atoms with van der Waals surface area (Å²) in [4.78, 5) is 26.3. The lowest BCUT2D eigenvalue weighted by Crippen LogP contribution is -2.37. The normalized spacial score (nSPS) is 15.9. The molecule has 2 aromatic carbocycles. The van der Waals surface area contributed by atoms with E-state index < -0.39 is 0 Å². The number of nitrogens with one attached hydrogen (secondary N) is 1. The maximum atomic E-state index is 12.5. The van der Waals surface area contributed by atoms with Crippen LogP contribution in [0.15, 0.2) is 66.4 Å². The molecule has 110 valence electrons. The van der Waals surface area contributed by atoms with Gasteiger partial charge in [0.1, 0.15) is 5.57 Å². The van der Waals surface area contributed by atoms with E-state index in [1.165, 1.54) is 11.1 Å². The van der Waals surface area contributed by atoms with Crippen LogP contribution in [0.3, 0.4) is 0 Å². The molecule has 0 aliphatic carbocycles. The molecule has 1 heterocycles. The van der Waals surface area contributed by atoms with Crippen molar-refractivity contribution in [2.24, 2.45) is 0 Å². The summed E-state index contributed by atoms with van der Waals surface area (Å²) >= 11 is 0. The molecule has 0 saturated heterocycles. The summed E-state index contributed by atoms with van der Waals surface area (Å²) in [5.74, 6) is -0.525. The van der Waals surface area contributed by atoms with Crippen molar-refractivity contribution in [3.63, 3.8) is 0 Å². The molecule has 0 bridgehead atoms. The van der Waals surface area contributed by atoms with Crippen LogP contribution in [0.25, 0.3) is 0 Å². The number of nitrogens with zero attached hydrogens (tertiary/aromatic N) is 1. The zero-order chi connectivity index (χ0) is 15.5. The number of amides is 1. The highest BCUT2D eigenvalue weighted by Crippen LogP contribution is 2.28. The summed E-state index contributed by atoms with van der Waals surface area (Å²) in [5, 5.41) is 3.05. The minimum Gasteiger partial charge on any atom is -0.386 e. The predicted molar refractivity (Wildman–Crippen MR) is 85.5 cm³/mol. The van der Waals surface area contributed by atoms with Gasteiger partial charge in [-0.2, -0.15) is 0 Å². The van der Waals surface area contributed by atoms with E-state index in [0.717, 1.165) is 5.56 Å². The van der Waals surface area contributed by atoms with Crippen LogP contribution in [-0.2, 0) is 11.3 Å². The van der Waals surface area contributed by atoms with Gasteiger partial charge >= 0.3 is 0 Å². The monoisotopic (exact) mass is 292 g/mol. The number of hydrogen-bond acceptors (Lipinski definition) is 3. The number of hydrogen-bond donors (Lipinski definition) is 1. The molecule has 0 unspecified atom stereocenters. The average molecular weight is 292 g/mol. The van der Waals surface area contributed by atoms with Gasteiger partial charge in [0.25, 0.3) is 5.91 Å². The summed E-state index contributed by atoms with van der Waals surface area (Å²) < 4.78 is 0. The largest absolute Gasteiger partial charge is 0.386 e. The second kappa shape index (κ2) is 5.85. The fraction of sp³-hybridized carbons (Fsp3) is 0.111. The van der Waals surface area contributed by atoms with Gasteiger partial charge in [0.05, 0.1) is 5.69 Å². The fourth-order valence-corrected chi connectivity index (χ4v) is 2.48. The van der Waals surface area contributed by atoms with Crippen LogP contribution >= 0.6 is 0 Å². The molecule has 4 heteroatoms. The van der Waals surface area contributed by atoms with E-state index in [9.17, 15) is 9.59 Å². The number of rotatable bonds is 3. The highest BCUT2D eigenvalue weighted by atomic mass is 16.2.